The van der Waals surface area contributed by atoms with Crippen molar-refractivity contribution in [2.45, 2.75) is 18.9 Å². The van der Waals surface area contributed by atoms with Crippen molar-refractivity contribution in [2.24, 2.45) is 0 Å². The van der Waals surface area contributed by atoms with Gasteiger partial charge in [-0.1, -0.05) is 6.07 Å². The monoisotopic (exact) mass is 276 g/mol. The molecule has 2 aliphatic rings. The van der Waals surface area contributed by atoms with Crippen molar-refractivity contribution in [1.29, 1.82) is 0 Å². The number of nitro benzene ring substituents is 1. The molecule has 3 rings (SSSR count). The van der Waals surface area contributed by atoms with Crippen LogP contribution in [0, 0.1) is 10.1 Å². The molecule has 104 valence electrons. The lowest BCUT2D eigenvalue weighted by Gasteiger charge is -2.17. The van der Waals surface area contributed by atoms with Gasteiger partial charge in [-0.05, 0) is 18.9 Å². The van der Waals surface area contributed by atoms with Crippen molar-refractivity contribution >= 4 is 17.5 Å². The molecular weight excluding hydrogens is 264 g/mol. The SMILES string of the molecule is O=C1c2cccc([N+](=O)[O-])c2C(=O)N1C[C@@H]1CCCO1. The molecule has 0 N–H and O–H groups in total. The molecule has 2 heterocycles. The Balaban J connectivity index is 1.95. The van der Waals surface area contributed by atoms with E-state index < -0.39 is 16.7 Å². The first-order valence-corrected chi connectivity index (χ1v) is 6.35. The number of ether oxygens (including phenoxy) is 1. The van der Waals surface area contributed by atoms with Crippen LogP contribution < -0.4 is 0 Å². The molecule has 0 saturated carbocycles. The summed E-state index contributed by atoms with van der Waals surface area (Å²) in [5, 5.41) is 11.0. The van der Waals surface area contributed by atoms with Crippen LogP contribution in [0.25, 0.3) is 0 Å². The highest BCUT2D eigenvalue weighted by atomic mass is 16.6. The van der Waals surface area contributed by atoms with Crippen molar-refractivity contribution in [2.75, 3.05) is 13.2 Å². The second-order valence-corrected chi connectivity index (χ2v) is 4.81. The van der Waals surface area contributed by atoms with Gasteiger partial charge in [-0.2, -0.15) is 0 Å². The predicted molar refractivity (Wildman–Crippen MR) is 67.4 cm³/mol. The number of nitro groups is 1. The molecule has 0 spiro atoms. The van der Waals surface area contributed by atoms with E-state index in [1.807, 2.05) is 0 Å². The van der Waals surface area contributed by atoms with E-state index in [1.165, 1.54) is 18.2 Å². The van der Waals surface area contributed by atoms with Gasteiger partial charge in [0.25, 0.3) is 17.5 Å². The number of benzene rings is 1. The molecule has 2 amide bonds. The molecule has 7 nitrogen and oxygen atoms in total. The molecule has 1 fully saturated rings. The molecule has 1 aromatic carbocycles. The second-order valence-electron chi connectivity index (χ2n) is 4.81. The number of hydrogen-bond donors (Lipinski definition) is 0. The van der Waals surface area contributed by atoms with Crippen LogP contribution in [0.5, 0.6) is 0 Å². The first kappa shape index (κ1) is 12.7. The maximum absolute atomic E-state index is 12.3. The molecule has 20 heavy (non-hydrogen) atoms. The first-order chi connectivity index (χ1) is 9.59. The van der Waals surface area contributed by atoms with E-state index in [-0.39, 0.29) is 29.5 Å². The zero-order valence-electron chi connectivity index (χ0n) is 10.6. The number of carbonyl (C=O) groups excluding carboxylic acids is 2. The maximum atomic E-state index is 12.3. The maximum Gasteiger partial charge on any atom is 0.282 e. The van der Waals surface area contributed by atoms with Crippen LogP contribution >= 0.6 is 0 Å². The van der Waals surface area contributed by atoms with Crippen molar-refractivity contribution in [3.05, 3.63) is 39.4 Å². The quantitative estimate of drug-likeness (QED) is 0.472. The predicted octanol–water partition coefficient (Wildman–Crippen LogP) is 1.37. The van der Waals surface area contributed by atoms with E-state index in [2.05, 4.69) is 0 Å². The molecule has 0 radical (unpaired) electrons. The van der Waals surface area contributed by atoms with Gasteiger partial charge in [0.2, 0.25) is 0 Å². The molecular formula is C13H12N2O5. The lowest BCUT2D eigenvalue weighted by atomic mass is 10.1. The van der Waals surface area contributed by atoms with Gasteiger partial charge in [0.15, 0.2) is 0 Å². The van der Waals surface area contributed by atoms with Gasteiger partial charge in [-0.15, -0.1) is 0 Å². The van der Waals surface area contributed by atoms with Crippen molar-refractivity contribution in [3.63, 3.8) is 0 Å². The molecule has 1 aromatic rings. The molecule has 1 saturated heterocycles. The number of hydrogen-bond acceptors (Lipinski definition) is 5. The van der Waals surface area contributed by atoms with E-state index in [0.717, 1.165) is 17.7 Å². The summed E-state index contributed by atoms with van der Waals surface area (Å²) >= 11 is 0. The summed E-state index contributed by atoms with van der Waals surface area (Å²) in [6.45, 7) is 0.775. The number of amides is 2. The molecule has 1 atom stereocenters. The Kier molecular flexibility index (Phi) is 2.98. The second kappa shape index (κ2) is 4.68. The summed E-state index contributed by atoms with van der Waals surface area (Å²) in [7, 11) is 0. The summed E-state index contributed by atoms with van der Waals surface area (Å²) in [6, 6.07) is 4.09. The van der Waals surface area contributed by atoms with E-state index in [1.54, 1.807) is 0 Å². The first-order valence-electron chi connectivity index (χ1n) is 6.35. The third-order valence-corrected chi connectivity index (χ3v) is 3.58. The molecule has 0 bridgehead atoms. The lowest BCUT2D eigenvalue weighted by Crippen LogP contribution is -2.36. The summed E-state index contributed by atoms with van der Waals surface area (Å²) in [4.78, 5) is 35.8. The van der Waals surface area contributed by atoms with E-state index in [0.29, 0.717) is 6.61 Å². The fourth-order valence-corrected chi connectivity index (χ4v) is 2.63. The molecule has 0 aliphatic carbocycles. The Bertz CT molecular complexity index is 607. The Hall–Kier alpha value is -2.28. The Morgan fingerprint density at radius 1 is 1.35 bits per heavy atom. The Morgan fingerprint density at radius 3 is 2.80 bits per heavy atom. The fourth-order valence-electron chi connectivity index (χ4n) is 2.63. The van der Waals surface area contributed by atoms with Crippen LogP contribution in [0.4, 0.5) is 5.69 Å². The highest BCUT2D eigenvalue weighted by molar-refractivity contribution is 6.23. The average molecular weight is 276 g/mol. The number of nitrogens with zero attached hydrogens (tertiary/aromatic N) is 2. The van der Waals surface area contributed by atoms with Crippen molar-refractivity contribution in [1.82, 2.24) is 4.90 Å². The average Bonchev–Trinajstić information content (AvgIpc) is 3.02. The van der Waals surface area contributed by atoms with Crippen LogP contribution in [0.1, 0.15) is 33.6 Å². The van der Waals surface area contributed by atoms with Gasteiger partial charge >= 0.3 is 0 Å². The number of rotatable bonds is 3. The highest BCUT2D eigenvalue weighted by Crippen LogP contribution is 2.31. The van der Waals surface area contributed by atoms with Crippen LogP contribution in [-0.2, 0) is 4.74 Å². The minimum absolute atomic E-state index is 0.0993. The summed E-state index contributed by atoms with van der Waals surface area (Å²) in [5.41, 5.74) is -0.335. The van der Waals surface area contributed by atoms with E-state index in [4.69, 9.17) is 4.74 Å². The lowest BCUT2D eigenvalue weighted by molar-refractivity contribution is -0.385. The van der Waals surface area contributed by atoms with E-state index in [9.17, 15) is 19.7 Å². The molecule has 2 aliphatic heterocycles. The highest BCUT2D eigenvalue weighted by Gasteiger charge is 2.42. The number of fused-ring (bicyclic) bond motifs is 1. The summed E-state index contributed by atoms with van der Waals surface area (Å²) < 4.78 is 5.41. The van der Waals surface area contributed by atoms with Crippen LogP contribution in [-0.4, -0.2) is 40.9 Å². The van der Waals surface area contributed by atoms with Gasteiger partial charge in [0.05, 0.1) is 23.1 Å². The third kappa shape index (κ3) is 1.87. The van der Waals surface area contributed by atoms with Crippen LogP contribution in [0.15, 0.2) is 18.2 Å². The van der Waals surface area contributed by atoms with Gasteiger partial charge in [-0.25, -0.2) is 0 Å². The number of imide groups is 1. The minimum atomic E-state index is -0.639. The molecule has 0 unspecified atom stereocenters. The fraction of sp³-hybridized carbons (Fsp3) is 0.385. The number of carbonyl (C=O) groups is 2. The molecule has 7 heteroatoms. The minimum Gasteiger partial charge on any atom is -0.376 e. The van der Waals surface area contributed by atoms with Gasteiger partial charge in [0, 0.05) is 12.7 Å². The van der Waals surface area contributed by atoms with Crippen molar-refractivity contribution < 1.29 is 19.2 Å². The van der Waals surface area contributed by atoms with Gasteiger partial charge in [-0.3, -0.25) is 24.6 Å². The van der Waals surface area contributed by atoms with Crippen molar-refractivity contribution in [3.8, 4) is 0 Å². The van der Waals surface area contributed by atoms with Crippen LogP contribution in [0.2, 0.25) is 0 Å². The standard InChI is InChI=1S/C13H12N2O5/c16-12-9-4-1-5-10(15(18)19)11(9)13(17)14(12)7-8-3-2-6-20-8/h1,4-5,8H,2-3,6-7H2/t8-/m0/s1. The normalized spacial score (nSPS) is 21.4. The third-order valence-electron chi connectivity index (χ3n) is 3.58. The van der Waals surface area contributed by atoms with Crippen LogP contribution in [0.3, 0.4) is 0 Å². The van der Waals surface area contributed by atoms with Gasteiger partial charge in [0.1, 0.15) is 5.56 Å². The smallest absolute Gasteiger partial charge is 0.282 e. The topological polar surface area (TPSA) is 89.8 Å². The zero-order chi connectivity index (χ0) is 14.3. The largest absolute Gasteiger partial charge is 0.376 e. The Labute approximate surface area is 114 Å². The molecule has 0 aromatic heterocycles. The zero-order valence-corrected chi connectivity index (χ0v) is 10.6. The van der Waals surface area contributed by atoms with E-state index >= 15 is 0 Å². The summed E-state index contributed by atoms with van der Waals surface area (Å²) in [5.74, 6) is -1.09. The Morgan fingerprint density at radius 2 is 2.15 bits per heavy atom. The van der Waals surface area contributed by atoms with Gasteiger partial charge < -0.3 is 4.74 Å². The summed E-state index contributed by atoms with van der Waals surface area (Å²) in [6.07, 6.45) is 1.51.